The lowest BCUT2D eigenvalue weighted by Gasteiger charge is -2.13. The van der Waals surface area contributed by atoms with Gasteiger partial charge < -0.3 is 15.2 Å². The second-order valence-corrected chi connectivity index (χ2v) is 5.89. The summed E-state index contributed by atoms with van der Waals surface area (Å²) in [6, 6.07) is 4.20. The minimum Gasteiger partial charge on any atom is -0.491 e. The van der Waals surface area contributed by atoms with Gasteiger partial charge in [0.25, 0.3) is 0 Å². The van der Waals surface area contributed by atoms with Crippen molar-refractivity contribution < 1.29 is 27.8 Å². The van der Waals surface area contributed by atoms with E-state index in [9.17, 15) is 23.1 Å². The summed E-state index contributed by atoms with van der Waals surface area (Å²) in [6.07, 6.45) is -1.60. The summed E-state index contributed by atoms with van der Waals surface area (Å²) in [5, 5.41) is 12.3. The van der Waals surface area contributed by atoms with Crippen molar-refractivity contribution in [2.45, 2.75) is 32.0 Å². The van der Waals surface area contributed by atoms with Crippen LogP contribution in [0.4, 0.5) is 13.2 Å². The van der Waals surface area contributed by atoms with Crippen molar-refractivity contribution in [2.24, 2.45) is 5.92 Å². The summed E-state index contributed by atoms with van der Waals surface area (Å²) in [7, 11) is 0. The molecule has 2 rings (SSSR count). The van der Waals surface area contributed by atoms with Crippen LogP contribution in [0.1, 0.15) is 25.3 Å². The molecule has 1 fully saturated rings. The first-order chi connectivity index (χ1) is 11.3. The largest absolute Gasteiger partial charge is 0.491 e. The molecule has 24 heavy (non-hydrogen) atoms. The SMILES string of the molecule is C/C(=C/C(=O)NCC(O)COc1ccc(C(F)(F)F)cc1)C1CC1. The van der Waals surface area contributed by atoms with E-state index in [-0.39, 0.29) is 24.8 Å². The first kappa shape index (κ1) is 18.3. The van der Waals surface area contributed by atoms with Gasteiger partial charge in [-0.2, -0.15) is 13.2 Å². The van der Waals surface area contributed by atoms with Crippen LogP contribution in [0.25, 0.3) is 0 Å². The molecule has 132 valence electrons. The molecular weight excluding hydrogens is 323 g/mol. The van der Waals surface area contributed by atoms with E-state index in [1.54, 1.807) is 0 Å². The number of aliphatic hydroxyl groups excluding tert-OH is 1. The molecule has 1 aliphatic rings. The van der Waals surface area contributed by atoms with Gasteiger partial charge >= 0.3 is 6.18 Å². The number of benzene rings is 1. The van der Waals surface area contributed by atoms with Gasteiger partial charge in [-0.3, -0.25) is 4.79 Å². The zero-order valence-electron chi connectivity index (χ0n) is 13.3. The highest BCUT2D eigenvalue weighted by atomic mass is 19.4. The van der Waals surface area contributed by atoms with E-state index in [1.807, 2.05) is 6.92 Å². The van der Waals surface area contributed by atoms with Gasteiger partial charge in [0.1, 0.15) is 18.5 Å². The second kappa shape index (κ2) is 7.70. The van der Waals surface area contributed by atoms with Crippen molar-refractivity contribution in [1.82, 2.24) is 5.32 Å². The average molecular weight is 343 g/mol. The Labute approximate surface area is 138 Å². The Morgan fingerprint density at radius 2 is 2.00 bits per heavy atom. The number of nitrogens with one attached hydrogen (secondary N) is 1. The van der Waals surface area contributed by atoms with Crippen molar-refractivity contribution in [3.63, 3.8) is 0 Å². The molecule has 0 aromatic heterocycles. The maximum atomic E-state index is 12.4. The molecule has 1 aliphatic carbocycles. The van der Waals surface area contributed by atoms with E-state index in [2.05, 4.69) is 5.32 Å². The van der Waals surface area contributed by atoms with Crippen molar-refractivity contribution >= 4 is 5.91 Å². The zero-order chi connectivity index (χ0) is 17.7. The fourth-order valence-electron chi connectivity index (χ4n) is 2.12. The van der Waals surface area contributed by atoms with Crippen LogP contribution in [-0.2, 0) is 11.0 Å². The standard InChI is InChI=1S/C17H20F3NO3/c1-11(12-2-3-12)8-16(23)21-9-14(22)10-24-15-6-4-13(5-7-15)17(18,19)20/h4-8,12,14,22H,2-3,9-10H2,1H3,(H,21,23)/b11-8-. The average Bonchev–Trinajstić information content (AvgIpc) is 3.35. The lowest BCUT2D eigenvalue weighted by atomic mass is 10.2. The van der Waals surface area contributed by atoms with E-state index >= 15 is 0 Å². The number of hydrogen-bond donors (Lipinski definition) is 2. The number of rotatable bonds is 7. The Morgan fingerprint density at radius 1 is 1.38 bits per heavy atom. The monoisotopic (exact) mass is 343 g/mol. The van der Waals surface area contributed by atoms with Crippen molar-refractivity contribution in [2.75, 3.05) is 13.2 Å². The number of allylic oxidation sites excluding steroid dienone is 1. The number of halogens is 3. The maximum Gasteiger partial charge on any atom is 0.416 e. The van der Waals surface area contributed by atoms with E-state index in [1.165, 1.54) is 18.2 Å². The highest BCUT2D eigenvalue weighted by Gasteiger charge is 2.30. The zero-order valence-corrected chi connectivity index (χ0v) is 13.3. The van der Waals surface area contributed by atoms with Crippen LogP contribution >= 0.6 is 0 Å². The van der Waals surface area contributed by atoms with Gasteiger partial charge in [-0.15, -0.1) is 0 Å². The summed E-state index contributed by atoms with van der Waals surface area (Å²) >= 11 is 0. The molecule has 1 amide bonds. The summed E-state index contributed by atoms with van der Waals surface area (Å²) in [4.78, 5) is 11.6. The third-order valence-corrected chi connectivity index (χ3v) is 3.72. The summed E-state index contributed by atoms with van der Waals surface area (Å²) in [6.45, 7) is 1.78. The van der Waals surface area contributed by atoms with Crippen LogP contribution in [0.15, 0.2) is 35.9 Å². The topological polar surface area (TPSA) is 58.6 Å². The number of hydrogen-bond acceptors (Lipinski definition) is 3. The quantitative estimate of drug-likeness (QED) is 0.749. The van der Waals surface area contributed by atoms with Crippen LogP contribution in [0.2, 0.25) is 0 Å². The number of ether oxygens (including phenoxy) is 1. The molecule has 1 aromatic carbocycles. The Morgan fingerprint density at radius 3 is 2.54 bits per heavy atom. The first-order valence-electron chi connectivity index (χ1n) is 7.70. The molecule has 0 bridgehead atoms. The van der Waals surface area contributed by atoms with E-state index in [0.717, 1.165) is 30.5 Å². The minimum absolute atomic E-state index is 0.00785. The third kappa shape index (κ3) is 5.88. The molecule has 0 spiro atoms. The van der Waals surface area contributed by atoms with Crippen LogP contribution in [-0.4, -0.2) is 30.3 Å². The van der Waals surface area contributed by atoms with Crippen LogP contribution in [0.5, 0.6) is 5.75 Å². The van der Waals surface area contributed by atoms with Crippen molar-refractivity contribution in [3.05, 3.63) is 41.5 Å². The Balaban J connectivity index is 1.71. The Bertz CT molecular complexity index is 592. The normalized spacial score (nSPS) is 16.6. The van der Waals surface area contributed by atoms with Crippen molar-refractivity contribution in [1.29, 1.82) is 0 Å². The van der Waals surface area contributed by atoms with Gasteiger partial charge in [0.15, 0.2) is 0 Å². The first-order valence-corrected chi connectivity index (χ1v) is 7.70. The molecule has 0 aliphatic heterocycles. The van der Waals surface area contributed by atoms with Gasteiger partial charge in [-0.25, -0.2) is 0 Å². The molecule has 1 atom stereocenters. The van der Waals surface area contributed by atoms with Gasteiger partial charge in [-0.1, -0.05) is 5.57 Å². The van der Waals surface area contributed by atoms with Gasteiger partial charge in [-0.05, 0) is 49.9 Å². The Hall–Kier alpha value is -2.02. The fourth-order valence-corrected chi connectivity index (χ4v) is 2.12. The number of alkyl halides is 3. The summed E-state index contributed by atoms with van der Waals surface area (Å²) in [5.74, 6) is 0.453. The highest BCUT2D eigenvalue weighted by molar-refractivity contribution is 5.88. The fraction of sp³-hybridized carbons (Fsp3) is 0.471. The summed E-state index contributed by atoms with van der Waals surface area (Å²) < 4.78 is 42.5. The van der Waals surface area contributed by atoms with E-state index in [0.29, 0.717) is 5.92 Å². The molecule has 0 radical (unpaired) electrons. The lowest BCUT2D eigenvalue weighted by molar-refractivity contribution is -0.137. The van der Waals surface area contributed by atoms with E-state index < -0.39 is 17.8 Å². The number of amides is 1. The van der Waals surface area contributed by atoms with E-state index in [4.69, 9.17) is 4.74 Å². The number of carbonyl (C=O) groups is 1. The van der Waals surface area contributed by atoms with Crippen molar-refractivity contribution in [3.8, 4) is 5.75 Å². The molecule has 1 unspecified atom stereocenters. The predicted octanol–water partition coefficient (Wildman–Crippen LogP) is 2.92. The Kier molecular flexibility index (Phi) is 5.88. The highest BCUT2D eigenvalue weighted by Crippen LogP contribution is 2.35. The molecule has 1 aromatic rings. The smallest absolute Gasteiger partial charge is 0.416 e. The maximum absolute atomic E-state index is 12.4. The van der Waals surface area contributed by atoms with Crippen LogP contribution in [0.3, 0.4) is 0 Å². The van der Waals surface area contributed by atoms with Gasteiger partial charge in [0.2, 0.25) is 5.91 Å². The third-order valence-electron chi connectivity index (χ3n) is 3.72. The molecule has 0 heterocycles. The number of aliphatic hydroxyl groups is 1. The van der Waals surface area contributed by atoms with Gasteiger partial charge in [0.05, 0.1) is 5.56 Å². The van der Waals surface area contributed by atoms with Crippen LogP contribution in [0, 0.1) is 5.92 Å². The molecule has 7 heteroatoms. The molecular formula is C17H20F3NO3. The predicted molar refractivity (Wildman–Crippen MR) is 82.4 cm³/mol. The lowest BCUT2D eigenvalue weighted by Crippen LogP contribution is -2.34. The minimum atomic E-state index is -4.39. The summed E-state index contributed by atoms with van der Waals surface area (Å²) in [5.41, 5.74) is 0.267. The van der Waals surface area contributed by atoms with Crippen LogP contribution < -0.4 is 10.1 Å². The molecule has 2 N–H and O–H groups in total. The molecule has 1 saturated carbocycles. The second-order valence-electron chi connectivity index (χ2n) is 5.89. The van der Waals surface area contributed by atoms with Gasteiger partial charge in [0, 0.05) is 12.6 Å². The molecule has 4 nitrogen and oxygen atoms in total. The number of carbonyl (C=O) groups excluding carboxylic acids is 1. The molecule has 0 saturated heterocycles.